The fourth-order valence-electron chi connectivity index (χ4n) is 2.72. The van der Waals surface area contributed by atoms with E-state index >= 15 is 0 Å². The number of aryl methyl sites for hydroxylation is 1. The van der Waals surface area contributed by atoms with Crippen molar-refractivity contribution < 1.29 is 0 Å². The minimum Gasteiger partial charge on any atom is -0.0654 e. The molecule has 0 saturated heterocycles. The van der Waals surface area contributed by atoms with Crippen LogP contribution in [0.3, 0.4) is 0 Å². The molecule has 0 amide bonds. The third-order valence-corrected chi connectivity index (χ3v) is 4.04. The van der Waals surface area contributed by atoms with Gasteiger partial charge in [0.05, 0.1) is 0 Å². The third-order valence-electron chi connectivity index (χ3n) is 4.04. The van der Waals surface area contributed by atoms with E-state index in [0.29, 0.717) is 0 Å². The van der Waals surface area contributed by atoms with Crippen molar-refractivity contribution >= 4 is 12.2 Å². The number of rotatable bonds is 9. The van der Waals surface area contributed by atoms with Crippen molar-refractivity contribution in [2.24, 2.45) is 0 Å². The van der Waals surface area contributed by atoms with E-state index in [9.17, 15) is 0 Å². The van der Waals surface area contributed by atoms with Crippen LogP contribution in [-0.4, -0.2) is 0 Å². The second-order valence-electron chi connectivity index (χ2n) is 6.01. The molecule has 0 heterocycles. The van der Waals surface area contributed by atoms with Gasteiger partial charge in [-0.05, 0) is 29.5 Å². The Morgan fingerprint density at radius 2 is 1.36 bits per heavy atom. The second kappa shape index (κ2) is 10.00. The standard InChI is InChI=1S/C22H28/c1-2-3-4-5-6-8-14-21-15-11-16-22(19-21)18-17-20-12-9-7-10-13-20/h7,9-13,15-19H,2-6,8,14H2,1H3/b18-17+. The third kappa shape index (κ3) is 6.30. The molecule has 0 aliphatic rings. The number of benzene rings is 2. The lowest BCUT2D eigenvalue weighted by molar-refractivity contribution is 0.607. The molecule has 0 unspecified atom stereocenters. The van der Waals surface area contributed by atoms with Crippen molar-refractivity contribution in [2.75, 3.05) is 0 Å². The summed E-state index contributed by atoms with van der Waals surface area (Å²) in [5.41, 5.74) is 4.02. The topological polar surface area (TPSA) is 0 Å². The summed E-state index contributed by atoms with van der Waals surface area (Å²) in [6.07, 6.45) is 13.8. The smallest absolute Gasteiger partial charge is 0.0254 e. The van der Waals surface area contributed by atoms with Crippen LogP contribution in [0, 0.1) is 0 Å². The van der Waals surface area contributed by atoms with Gasteiger partial charge >= 0.3 is 0 Å². The van der Waals surface area contributed by atoms with Gasteiger partial charge < -0.3 is 0 Å². The summed E-state index contributed by atoms with van der Waals surface area (Å²) in [6, 6.07) is 19.4. The SMILES string of the molecule is CCCCCCCCc1cccc(/C=C/c2ccccc2)c1. The molecule has 2 rings (SSSR count). The number of unbranched alkanes of at least 4 members (excludes halogenated alkanes) is 5. The van der Waals surface area contributed by atoms with Gasteiger partial charge in [-0.2, -0.15) is 0 Å². The summed E-state index contributed by atoms with van der Waals surface area (Å²) in [6.45, 7) is 2.27. The summed E-state index contributed by atoms with van der Waals surface area (Å²) in [7, 11) is 0. The van der Waals surface area contributed by atoms with Crippen LogP contribution in [0.2, 0.25) is 0 Å². The molecular weight excluding hydrogens is 264 g/mol. The highest BCUT2D eigenvalue weighted by Gasteiger charge is 1.95. The lowest BCUT2D eigenvalue weighted by atomic mass is 10.0. The first-order chi connectivity index (χ1) is 10.9. The average molecular weight is 292 g/mol. The maximum atomic E-state index is 2.32. The van der Waals surface area contributed by atoms with Crippen LogP contribution in [0.15, 0.2) is 54.6 Å². The van der Waals surface area contributed by atoms with Crippen molar-refractivity contribution in [1.29, 1.82) is 0 Å². The summed E-state index contributed by atoms with van der Waals surface area (Å²) in [5.74, 6) is 0. The lowest BCUT2D eigenvalue weighted by Gasteiger charge is -2.03. The van der Waals surface area contributed by atoms with Gasteiger partial charge in [-0.1, -0.05) is 106 Å². The predicted molar refractivity (Wildman–Crippen MR) is 98.9 cm³/mol. The average Bonchev–Trinajstić information content (AvgIpc) is 2.57. The first kappa shape index (κ1) is 16.5. The highest BCUT2D eigenvalue weighted by Crippen LogP contribution is 2.14. The van der Waals surface area contributed by atoms with Gasteiger partial charge in [-0.25, -0.2) is 0 Å². The van der Waals surface area contributed by atoms with E-state index in [1.165, 1.54) is 61.6 Å². The monoisotopic (exact) mass is 292 g/mol. The molecule has 2 aromatic rings. The molecule has 0 N–H and O–H groups in total. The Bertz CT molecular complexity index is 551. The van der Waals surface area contributed by atoms with E-state index in [0.717, 1.165) is 0 Å². The highest BCUT2D eigenvalue weighted by atomic mass is 14.0. The zero-order valence-corrected chi connectivity index (χ0v) is 13.8. The Balaban J connectivity index is 1.81. The van der Waals surface area contributed by atoms with Crippen molar-refractivity contribution in [2.45, 2.75) is 51.9 Å². The lowest BCUT2D eigenvalue weighted by Crippen LogP contribution is -1.87. The van der Waals surface area contributed by atoms with Crippen LogP contribution < -0.4 is 0 Å². The molecule has 0 aromatic heterocycles. The van der Waals surface area contributed by atoms with Crippen LogP contribution in [0.1, 0.15) is 62.1 Å². The molecule has 0 nitrogen and oxygen atoms in total. The molecule has 0 heteroatoms. The van der Waals surface area contributed by atoms with Gasteiger partial charge in [0.2, 0.25) is 0 Å². The molecule has 0 fully saturated rings. The summed E-state index contributed by atoms with van der Waals surface area (Å²) in [4.78, 5) is 0. The Kier molecular flexibility index (Phi) is 7.52. The zero-order chi connectivity index (χ0) is 15.5. The van der Waals surface area contributed by atoms with E-state index in [1.54, 1.807) is 0 Å². The highest BCUT2D eigenvalue weighted by molar-refractivity contribution is 5.69. The van der Waals surface area contributed by atoms with Crippen LogP contribution in [-0.2, 0) is 6.42 Å². The Morgan fingerprint density at radius 3 is 2.18 bits per heavy atom. The number of hydrogen-bond acceptors (Lipinski definition) is 0. The molecule has 22 heavy (non-hydrogen) atoms. The van der Waals surface area contributed by atoms with Gasteiger partial charge in [0.25, 0.3) is 0 Å². The second-order valence-corrected chi connectivity index (χ2v) is 6.01. The van der Waals surface area contributed by atoms with Gasteiger partial charge in [0.15, 0.2) is 0 Å². The van der Waals surface area contributed by atoms with Crippen LogP contribution in [0.25, 0.3) is 12.2 Å². The minimum absolute atomic E-state index is 1.21. The van der Waals surface area contributed by atoms with Crippen molar-refractivity contribution in [3.05, 3.63) is 71.3 Å². The fourth-order valence-corrected chi connectivity index (χ4v) is 2.72. The fraction of sp³-hybridized carbons (Fsp3) is 0.364. The van der Waals surface area contributed by atoms with E-state index in [1.807, 2.05) is 0 Å². The van der Waals surface area contributed by atoms with Crippen LogP contribution in [0.5, 0.6) is 0 Å². The first-order valence-corrected chi connectivity index (χ1v) is 8.70. The van der Waals surface area contributed by atoms with E-state index < -0.39 is 0 Å². The zero-order valence-electron chi connectivity index (χ0n) is 13.8. The van der Waals surface area contributed by atoms with Crippen molar-refractivity contribution in [1.82, 2.24) is 0 Å². The molecule has 0 bridgehead atoms. The van der Waals surface area contributed by atoms with Gasteiger partial charge in [-0.15, -0.1) is 0 Å². The minimum atomic E-state index is 1.21. The molecule has 0 radical (unpaired) electrons. The van der Waals surface area contributed by atoms with Crippen molar-refractivity contribution in [3.8, 4) is 0 Å². The molecule has 0 aliphatic carbocycles. The maximum Gasteiger partial charge on any atom is -0.0254 e. The first-order valence-electron chi connectivity index (χ1n) is 8.70. The number of hydrogen-bond donors (Lipinski definition) is 0. The molecule has 0 spiro atoms. The van der Waals surface area contributed by atoms with Crippen molar-refractivity contribution in [3.63, 3.8) is 0 Å². The summed E-state index contributed by atoms with van der Waals surface area (Å²) in [5, 5.41) is 0. The molecule has 0 atom stereocenters. The van der Waals surface area contributed by atoms with Gasteiger partial charge in [0, 0.05) is 0 Å². The quantitative estimate of drug-likeness (QED) is 0.354. The maximum absolute atomic E-state index is 2.32. The molecule has 2 aromatic carbocycles. The Morgan fingerprint density at radius 1 is 0.682 bits per heavy atom. The molecular formula is C22H28. The summed E-state index contributed by atoms with van der Waals surface area (Å²) < 4.78 is 0. The van der Waals surface area contributed by atoms with E-state index in [2.05, 4.69) is 73.7 Å². The molecule has 0 aliphatic heterocycles. The summed E-state index contributed by atoms with van der Waals surface area (Å²) >= 11 is 0. The predicted octanol–water partition coefficient (Wildman–Crippen LogP) is 6.76. The largest absolute Gasteiger partial charge is 0.0654 e. The Labute approximate surface area is 135 Å². The van der Waals surface area contributed by atoms with Crippen LogP contribution in [0.4, 0.5) is 0 Å². The van der Waals surface area contributed by atoms with E-state index in [4.69, 9.17) is 0 Å². The van der Waals surface area contributed by atoms with E-state index in [-0.39, 0.29) is 0 Å². The Hall–Kier alpha value is -1.82. The molecule has 116 valence electrons. The van der Waals surface area contributed by atoms with Gasteiger partial charge in [-0.3, -0.25) is 0 Å². The van der Waals surface area contributed by atoms with Gasteiger partial charge in [0.1, 0.15) is 0 Å². The molecule has 0 saturated carbocycles. The normalized spacial score (nSPS) is 11.1. The van der Waals surface area contributed by atoms with Crippen LogP contribution >= 0.6 is 0 Å².